The van der Waals surface area contributed by atoms with Gasteiger partial charge in [-0.25, -0.2) is 0 Å². The number of nitrogens with one attached hydrogen (secondary N) is 1. The fraction of sp³-hybridized carbons (Fsp3) is 0.909. The lowest BCUT2D eigenvalue weighted by atomic mass is 9.73. The smallest absolute Gasteiger partial charge is 0.304 e. The van der Waals surface area contributed by atoms with Gasteiger partial charge in [-0.2, -0.15) is 0 Å². The van der Waals surface area contributed by atoms with Crippen molar-refractivity contribution >= 4 is 5.97 Å². The van der Waals surface area contributed by atoms with E-state index < -0.39 is 5.97 Å². The average molecular weight is 197 g/mol. The standard InChI is InChI=1S/C11H19NO2/c13-11(14)6-10-5-8-3-1-2-4-9(8)7-12-10/h8-10,12H,1-7H2,(H,13,14)/t8-,9-,10-/m1/s1. The van der Waals surface area contributed by atoms with Crippen molar-refractivity contribution in [3.05, 3.63) is 0 Å². The zero-order valence-corrected chi connectivity index (χ0v) is 8.54. The van der Waals surface area contributed by atoms with E-state index >= 15 is 0 Å². The molecule has 80 valence electrons. The topological polar surface area (TPSA) is 49.3 Å². The molecule has 0 amide bonds. The molecule has 2 fully saturated rings. The van der Waals surface area contributed by atoms with Gasteiger partial charge in [0, 0.05) is 6.04 Å². The molecule has 3 nitrogen and oxygen atoms in total. The molecule has 2 rings (SSSR count). The van der Waals surface area contributed by atoms with Crippen molar-refractivity contribution < 1.29 is 9.90 Å². The lowest BCUT2D eigenvalue weighted by Crippen LogP contribution is -2.45. The number of carboxylic acids is 1. The number of hydrogen-bond acceptors (Lipinski definition) is 2. The average Bonchev–Trinajstić information content (AvgIpc) is 2.17. The first-order valence-corrected chi connectivity index (χ1v) is 5.71. The van der Waals surface area contributed by atoms with E-state index in [4.69, 9.17) is 5.11 Å². The minimum atomic E-state index is -0.670. The summed E-state index contributed by atoms with van der Waals surface area (Å²) in [5.41, 5.74) is 0. The van der Waals surface area contributed by atoms with Crippen LogP contribution in [-0.2, 0) is 4.79 Å². The maximum absolute atomic E-state index is 10.6. The first-order valence-electron chi connectivity index (χ1n) is 5.71. The fourth-order valence-corrected chi connectivity index (χ4v) is 3.00. The molecular weight excluding hydrogens is 178 g/mol. The highest BCUT2D eigenvalue weighted by Crippen LogP contribution is 2.35. The molecule has 14 heavy (non-hydrogen) atoms. The van der Waals surface area contributed by atoms with Crippen molar-refractivity contribution in [2.24, 2.45) is 11.8 Å². The third-order valence-electron chi connectivity index (χ3n) is 3.74. The molecule has 2 N–H and O–H groups in total. The first kappa shape index (κ1) is 9.97. The highest BCUT2D eigenvalue weighted by molar-refractivity contribution is 5.67. The SMILES string of the molecule is O=C(O)C[C@H]1C[C@H]2CCCC[C@@H]2CN1. The predicted octanol–water partition coefficient (Wildman–Crippen LogP) is 1.63. The van der Waals surface area contributed by atoms with Crippen molar-refractivity contribution in [1.29, 1.82) is 0 Å². The summed E-state index contributed by atoms with van der Waals surface area (Å²) in [7, 11) is 0. The van der Waals surface area contributed by atoms with E-state index in [0.717, 1.165) is 24.8 Å². The van der Waals surface area contributed by atoms with Gasteiger partial charge >= 0.3 is 5.97 Å². The molecule has 1 saturated carbocycles. The van der Waals surface area contributed by atoms with Gasteiger partial charge in [0.05, 0.1) is 6.42 Å². The molecule has 2 aliphatic rings. The third-order valence-corrected chi connectivity index (χ3v) is 3.74. The second-order valence-electron chi connectivity index (χ2n) is 4.74. The number of piperidine rings is 1. The summed E-state index contributed by atoms with van der Waals surface area (Å²) in [6.45, 7) is 1.04. The van der Waals surface area contributed by atoms with Crippen LogP contribution in [0.1, 0.15) is 38.5 Å². The Kier molecular flexibility index (Phi) is 3.06. The molecule has 1 heterocycles. The van der Waals surface area contributed by atoms with E-state index in [1.54, 1.807) is 0 Å². The summed E-state index contributed by atoms with van der Waals surface area (Å²) >= 11 is 0. The summed E-state index contributed by atoms with van der Waals surface area (Å²) in [5.74, 6) is 0.958. The Balaban J connectivity index is 1.86. The van der Waals surface area contributed by atoms with Crippen LogP contribution in [0.4, 0.5) is 0 Å². The van der Waals surface area contributed by atoms with Gasteiger partial charge < -0.3 is 10.4 Å². The van der Waals surface area contributed by atoms with Gasteiger partial charge in [0.25, 0.3) is 0 Å². The molecule has 1 aliphatic carbocycles. The molecule has 0 spiro atoms. The van der Waals surface area contributed by atoms with Crippen LogP contribution in [0.15, 0.2) is 0 Å². The highest BCUT2D eigenvalue weighted by Gasteiger charge is 2.32. The monoisotopic (exact) mass is 197 g/mol. The summed E-state index contributed by atoms with van der Waals surface area (Å²) in [6, 6.07) is 0.229. The van der Waals surface area contributed by atoms with Gasteiger partial charge in [0.15, 0.2) is 0 Å². The second kappa shape index (κ2) is 4.30. The number of hydrogen-bond donors (Lipinski definition) is 2. The molecule has 0 unspecified atom stereocenters. The number of fused-ring (bicyclic) bond motifs is 1. The Bertz CT molecular complexity index is 217. The second-order valence-corrected chi connectivity index (χ2v) is 4.74. The Labute approximate surface area is 84.9 Å². The minimum Gasteiger partial charge on any atom is -0.481 e. The van der Waals surface area contributed by atoms with Crippen LogP contribution in [0.2, 0.25) is 0 Å². The number of rotatable bonds is 2. The van der Waals surface area contributed by atoms with E-state index in [9.17, 15) is 4.79 Å². The van der Waals surface area contributed by atoms with Crippen LogP contribution < -0.4 is 5.32 Å². The van der Waals surface area contributed by atoms with Gasteiger partial charge in [-0.05, 0) is 31.2 Å². The van der Waals surface area contributed by atoms with Crippen LogP contribution in [0.25, 0.3) is 0 Å². The predicted molar refractivity (Wildman–Crippen MR) is 54.1 cm³/mol. The third kappa shape index (κ3) is 2.27. The number of aliphatic carboxylic acids is 1. The first-order chi connectivity index (χ1) is 6.75. The van der Waals surface area contributed by atoms with Crippen LogP contribution in [0.5, 0.6) is 0 Å². The molecule has 1 saturated heterocycles. The van der Waals surface area contributed by atoms with Crippen LogP contribution in [0, 0.1) is 11.8 Å². The molecule has 0 radical (unpaired) electrons. The molecule has 3 atom stereocenters. The maximum atomic E-state index is 10.6. The Hall–Kier alpha value is -0.570. The summed E-state index contributed by atoms with van der Waals surface area (Å²) in [4.78, 5) is 10.6. The molecule has 0 aromatic heterocycles. The van der Waals surface area contributed by atoms with E-state index in [1.807, 2.05) is 0 Å². The molecule has 3 heteroatoms. The summed E-state index contributed by atoms with van der Waals surface area (Å²) in [5, 5.41) is 12.1. The minimum absolute atomic E-state index is 0.229. The zero-order chi connectivity index (χ0) is 9.97. The van der Waals surface area contributed by atoms with Crippen molar-refractivity contribution in [2.75, 3.05) is 6.54 Å². The molecule has 0 bridgehead atoms. The Morgan fingerprint density at radius 3 is 2.71 bits per heavy atom. The van der Waals surface area contributed by atoms with Gasteiger partial charge in [-0.15, -0.1) is 0 Å². The lowest BCUT2D eigenvalue weighted by Gasteiger charge is -2.39. The van der Waals surface area contributed by atoms with E-state index in [1.165, 1.54) is 25.7 Å². The summed E-state index contributed by atoms with van der Waals surface area (Å²) < 4.78 is 0. The normalized spacial score (nSPS) is 37.6. The van der Waals surface area contributed by atoms with Crippen molar-refractivity contribution in [2.45, 2.75) is 44.6 Å². The van der Waals surface area contributed by atoms with Crippen molar-refractivity contribution in [1.82, 2.24) is 5.32 Å². The number of carbonyl (C=O) groups is 1. The van der Waals surface area contributed by atoms with E-state index in [2.05, 4.69) is 5.32 Å². The van der Waals surface area contributed by atoms with Crippen molar-refractivity contribution in [3.63, 3.8) is 0 Å². The van der Waals surface area contributed by atoms with Gasteiger partial charge in [0.2, 0.25) is 0 Å². The molecule has 1 aliphatic heterocycles. The van der Waals surface area contributed by atoms with Crippen LogP contribution in [0.3, 0.4) is 0 Å². The zero-order valence-electron chi connectivity index (χ0n) is 8.54. The van der Waals surface area contributed by atoms with Gasteiger partial charge in [-0.1, -0.05) is 19.3 Å². The van der Waals surface area contributed by atoms with Gasteiger partial charge in [-0.3, -0.25) is 4.79 Å². The van der Waals surface area contributed by atoms with Gasteiger partial charge in [0.1, 0.15) is 0 Å². The molecular formula is C11H19NO2. The molecule has 0 aromatic rings. The van der Waals surface area contributed by atoms with E-state index in [-0.39, 0.29) is 6.04 Å². The Morgan fingerprint density at radius 2 is 2.00 bits per heavy atom. The van der Waals surface area contributed by atoms with Crippen LogP contribution in [-0.4, -0.2) is 23.7 Å². The quantitative estimate of drug-likeness (QED) is 0.707. The van der Waals surface area contributed by atoms with E-state index in [0.29, 0.717) is 6.42 Å². The van der Waals surface area contributed by atoms with Crippen molar-refractivity contribution in [3.8, 4) is 0 Å². The highest BCUT2D eigenvalue weighted by atomic mass is 16.4. The lowest BCUT2D eigenvalue weighted by molar-refractivity contribution is -0.137. The fourth-order valence-electron chi connectivity index (χ4n) is 3.00. The Morgan fingerprint density at radius 1 is 1.29 bits per heavy atom. The summed E-state index contributed by atoms with van der Waals surface area (Å²) in [6.07, 6.45) is 6.76. The number of carboxylic acid groups (broad SMARTS) is 1. The molecule has 0 aromatic carbocycles. The maximum Gasteiger partial charge on any atom is 0.304 e. The largest absolute Gasteiger partial charge is 0.481 e. The van der Waals surface area contributed by atoms with Crippen LogP contribution >= 0.6 is 0 Å².